The van der Waals surface area contributed by atoms with Crippen LogP contribution in [0.4, 0.5) is 0 Å². The van der Waals surface area contributed by atoms with Crippen molar-refractivity contribution in [2.45, 2.75) is 12.8 Å². The van der Waals surface area contributed by atoms with Crippen molar-refractivity contribution in [1.82, 2.24) is 4.40 Å². The number of benzene rings is 4. The second kappa shape index (κ2) is 5.44. The van der Waals surface area contributed by atoms with Crippen molar-refractivity contribution in [1.29, 1.82) is 0 Å². The first-order chi connectivity index (χ1) is 15.4. The van der Waals surface area contributed by atoms with Gasteiger partial charge in [-0.25, -0.2) is 0 Å². The highest BCUT2D eigenvalue weighted by Gasteiger charge is 2.28. The van der Waals surface area contributed by atoms with Crippen LogP contribution in [0.15, 0.2) is 91.1 Å². The van der Waals surface area contributed by atoms with Gasteiger partial charge in [0.15, 0.2) is 0 Å². The standard InChI is InChI=1S/C30H19N/c1-2-7-20-18(6-1)14-25-21(20)11-12-22-24-17-27-23-8-3-4-9-29(23)31-13-5-10-30(31)28(27)16-19(24)15-26(22)25/h1-13,16-17H,14-15H2. The summed E-state index contributed by atoms with van der Waals surface area (Å²) >= 11 is 0. The van der Waals surface area contributed by atoms with E-state index in [0.29, 0.717) is 0 Å². The van der Waals surface area contributed by atoms with E-state index in [0.717, 1.165) is 12.8 Å². The molecular formula is C30H19N. The minimum Gasteiger partial charge on any atom is -0.316 e. The van der Waals surface area contributed by atoms with Gasteiger partial charge < -0.3 is 4.40 Å². The van der Waals surface area contributed by atoms with Crippen LogP contribution in [0.1, 0.15) is 22.3 Å². The molecule has 0 radical (unpaired) electrons. The van der Waals surface area contributed by atoms with Gasteiger partial charge in [-0.2, -0.15) is 0 Å². The summed E-state index contributed by atoms with van der Waals surface area (Å²) in [5, 5.41) is 4.04. The van der Waals surface area contributed by atoms with E-state index in [9.17, 15) is 0 Å². The zero-order valence-corrected chi connectivity index (χ0v) is 17.0. The Kier molecular flexibility index (Phi) is 2.80. The molecule has 0 unspecified atom stereocenters. The van der Waals surface area contributed by atoms with Crippen molar-refractivity contribution in [3.63, 3.8) is 0 Å². The van der Waals surface area contributed by atoms with E-state index < -0.39 is 0 Å². The first kappa shape index (κ1) is 15.9. The zero-order valence-electron chi connectivity index (χ0n) is 17.0. The molecule has 2 aliphatic carbocycles. The lowest BCUT2D eigenvalue weighted by Gasteiger charge is -2.12. The molecule has 2 aliphatic rings. The highest BCUT2D eigenvalue weighted by atomic mass is 14.9. The maximum atomic E-state index is 2.46. The van der Waals surface area contributed by atoms with Crippen LogP contribution in [-0.4, -0.2) is 4.40 Å². The Morgan fingerprint density at radius 3 is 2.13 bits per heavy atom. The molecule has 31 heavy (non-hydrogen) atoms. The molecule has 0 saturated heterocycles. The zero-order chi connectivity index (χ0) is 20.1. The third kappa shape index (κ3) is 1.92. The van der Waals surface area contributed by atoms with E-state index >= 15 is 0 Å². The second-order valence-corrected chi connectivity index (χ2v) is 8.96. The average molecular weight is 393 g/mol. The maximum absolute atomic E-state index is 2.46. The van der Waals surface area contributed by atoms with E-state index in [4.69, 9.17) is 0 Å². The van der Waals surface area contributed by atoms with E-state index in [2.05, 4.69) is 95.5 Å². The van der Waals surface area contributed by atoms with Crippen molar-refractivity contribution in [3.05, 3.63) is 113 Å². The van der Waals surface area contributed by atoms with Crippen LogP contribution in [0.25, 0.3) is 49.4 Å². The molecule has 1 nitrogen and oxygen atoms in total. The molecule has 0 aliphatic heterocycles. The fourth-order valence-electron chi connectivity index (χ4n) is 6.12. The van der Waals surface area contributed by atoms with Crippen molar-refractivity contribution in [2.75, 3.05) is 0 Å². The number of pyridine rings is 1. The van der Waals surface area contributed by atoms with Gasteiger partial charge in [0.25, 0.3) is 0 Å². The highest BCUT2D eigenvalue weighted by molar-refractivity contribution is 6.14. The summed E-state index contributed by atoms with van der Waals surface area (Å²) in [5.41, 5.74) is 14.3. The quantitative estimate of drug-likeness (QED) is 0.237. The predicted molar refractivity (Wildman–Crippen MR) is 129 cm³/mol. The summed E-state index contributed by atoms with van der Waals surface area (Å²) < 4.78 is 2.33. The fraction of sp³-hybridized carbons (Fsp3) is 0.0667. The smallest absolute Gasteiger partial charge is 0.0535 e. The maximum Gasteiger partial charge on any atom is 0.0535 e. The largest absolute Gasteiger partial charge is 0.316 e. The van der Waals surface area contributed by atoms with Crippen molar-refractivity contribution in [2.24, 2.45) is 0 Å². The Morgan fingerprint density at radius 2 is 1.19 bits per heavy atom. The molecule has 0 bridgehead atoms. The van der Waals surface area contributed by atoms with Crippen LogP contribution in [0.3, 0.4) is 0 Å². The van der Waals surface area contributed by atoms with Crippen molar-refractivity contribution in [3.8, 4) is 22.3 Å². The third-order valence-corrected chi connectivity index (χ3v) is 7.49. The van der Waals surface area contributed by atoms with Crippen LogP contribution in [0.2, 0.25) is 0 Å². The van der Waals surface area contributed by atoms with Crippen LogP contribution < -0.4 is 0 Å². The summed E-state index contributed by atoms with van der Waals surface area (Å²) in [4.78, 5) is 0. The van der Waals surface area contributed by atoms with Gasteiger partial charge in [-0.05, 0) is 93.1 Å². The predicted octanol–water partition coefficient (Wildman–Crippen LogP) is 7.39. The summed E-state index contributed by atoms with van der Waals surface area (Å²) in [6.45, 7) is 0. The normalized spacial score (nSPS) is 13.5. The van der Waals surface area contributed by atoms with Crippen LogP contribution in [-0.2, 0) is 12.8 Å². The number of hydrogen-bond donors (Lipinski definition) is 0. The lowest BCUT2D eigenvalue weighted by molar-refractivity contribution is 1.16. The number of para-hydroxylation sites is 1. The number of fused-ring (bicyclic) bond motifs is 13. The first-order valence-electron chi connectivity index (χ1n) is 11.0. The van der Waals surface area contributed by atoms with Crippen molar-refractivity contribution >= 4 is 27.2 Å². The Hall–Kier alpha value is -3.84. The first-order valence-corrected chi connectivity index (χ1v) is 11.0. The lowest BCUT2D eigenvalue weighted by atomic mass is 9.95. The molecule has 0 amide bonds. The molecule has 144 valence electrons. The highest BCUT2D eigenvalue weighted by Crippen LogP contribution is 2.48. The average Bonchev–Trinajstić information content (AvgIpc) is 3.53. The molecule has 0 atom stereocenters. The van der Waals surface area contributed by atoms with Gasteiger partial charge in [0.2, 0.25) is 0 Å². The van der Waals surface area contributed by atoms with E-state index in [1.54, 1.807) is 0 Å². The molecule has 0 spiro atoms. The summed E-state index contributed by atoms with van der Waals surface area (Å²) in [6.07, 6.45) is 4.29. The molecule has 0 saturated carbocycles. The van der Waals surface area contributed by atoms with Crippen molar-refractivity contribution < 1.29 is 0 Å². The number of hydrogen-bond acceptors (Lipinski definition) is 0. The van der Waals surface area contributed by atoms with E-state index in [-0.39, 0.29) is 0 Å². The van der Waals surface area contributed by atoms with Gasteiger partial charge in [0, 0.05) is 17.0 Å². The number of nitrogens with zero attached hydrogens (tertiary/aromatic N) is 1. The SMILES string of the molecule is c1ccc2c(c1)Cc1c-2ccc2c1Cc1cc3c(cc1-2)c1ccccc1n1cccc31. The molecule has 6 aromatic rings. The molecule has 0 fully saturated rings. The van der Waals surface area contributed by atoms with Gasteiger partial charge in [0.1, 0.15) is 0 Å². The van der Waals surface area contributed by atoms with Crippen LogP contribution >= 0.6 is 0 Å². The minimum absolute atomic E-state index is 1.04. The summed E-state index contributed by atoms with van der Waals surface area (Å²) in [7, 11) is 0. The van der Waals surface area contributed by atoms with Gasteiger partial charge in [-0.3, -0.25) is 0 Å². The second-order valence-electron chi connectivity index (χ2n) is 8.96. The number of rotatable bonds is 0. The number of aromatic nitrogens is 1. The molecule has 0 N–H and O–H groups in total. The Bertz CT molecular complexity index is 1730. The molecule has 2 aromatic heterocycles. The summed E-state index contributed by atoms with van der Waals surface area (Å²) in [6, 6.07) is 31.7. The monoisotopic (exact) mass is 393 g/mol. The van der Waals surface area contributed by atoms with Gasteiger partial charge in [-0.1, -0.05) is 54.6 Å². The van der Waals surface area contributed by atoms with Gasteiger partial charge in [0.05, 0.1) is 11.0 Å². The Balaban J connectivity index is 1.44. The van der Waals surface area contributed by atoms with E-state index in [1.165, 1.54) is 71.7 Å². The lowest BCUT2D eigenvalue weighted by Crippen LogP contribution is -1.91. The topological polar surface area (TPSA) is 4.41 Å². The minimum atomic E-state index is 1.04. The molecule has 1 heteroatoms. The molecular weight excluding hydrogens is 374 g/mol. The third-order valence-electron chi connectivity index (χ3n) is 7.49. The Morgan fingerprint density at radius 1 is 0.484 bits per heavy atom. The molecule has 2 heterocycles. The van der Waals surface area contributed by atoms with Crippen LogP contribution in [0.5, 0.6) is 0 Å². The Labute approximate surface area is 180 Å². The molecule has 4 aromatic carbocycles. The van der Waals surface area contributed by atoms with Gasteiger partial charge in [-0.15, -0.1) is 0 Å². The van der Waals surface area contributed by atoms with E-state index in [1.807, 2.05) is 0 Å². The summed E-state index contributed by atoms with van der Waals surface area (Å²) in [5.74, 6) is 0. The molecule has 8 rings (SSSR count). The van der Waals surface area contributed by atoms with Gasteiger partial charge >= 0.3 is 0 Å². The van der Waals surface area contributed by atoms with Crippen LogP contribution in [0, 0.1) is 0 Å². The fourth-order valence-corrected chi connectivity index (χ4v) is 6.12.